The Morgan fingerprint density at radius 2 is 1.55 bits per heavy atom. The van der Waals surface area contributed by atoms with Crippen molar-refractivity contribution in [3.8, 4) is 5.75 Å². The van der Waals surface area contributed by atoms with Crippen molar-refractivity contribution in [3.63, 3.8) is 0 Å². The van der Waals surface area contributed by atoms with Crippen LogP contribution in [0.4, 0.5) is 5.69 Å². The van der Waals surface area contributed by atoms with E-state index in [-0.39, 0.29) is 17.4 Å². The number of rotatable bonds is 4. The lowest BCUT2D eigenvalue weighted by Gasteiger charge is -2.18. The molecule has 2 N–H and O–H groups in total. The van der Waals surface area contributed by atoms with Gasteiger partial charge in [-0.2, -0.15) is 0 Å². The van der Waals surface area contributed by atoms with Crippen molar-refractivity contribution in [1.82, 2.24) is 0 Å². The lowest BCUT2D eigenvalue weighted by molar-refractivity contribution is 0.0995. The average Bonchev–Trinajstić information content (AvgIpc) is 3.23. The smallest absolute Gasteiger partial charge is 0.291 e. The molecular formula is C27H27NO3. The van der Waals surface area contributed by atoms with Crippen LogP contribution in [0.2, 0.25) is 0 Å². The van der Waals surface area contributed by atoms with Crippen molar-refractivity contribution in [2.45, 2.75) is 41.0 Å². The standard InChI is InChI=1S/C27H27NO3/c1-15-16(2)18(4)23(19(5)17(15)3)14-22-11-12-26(31-22)27(30)28-25-8-6-7-20-9-10-21(29)13-24(20)25/h6-13,29H,14H2,1-5H3,(H,28,30). The second-order valence-corrected chi connectivity index (χ2v) is 8.21. The van der Waals surface area contributed by atoms with Gasteiger partial charge in [-0.25, -0.2) is 0 Å². The zero-order valence-electron chi connectivity index (χ0n) is 18.6. The molecule has 4 heteroatoms. The lowest BCUT2D eigenvalue weighted by Crippen LogP contribution is -2.11. The Hall–Kier alpha value is -3.53. The molecule has 1 amide bonds. The fourth-order valence-corrected chi connectivity index (χ4v) is 4.17. The largest absolute Gasteiger partial charge is 0.508 e. The van der Waals surface area contributed by atoms with Crippen LogP contribution in [0.25, 0.3) is 10.8 Å². The van der Waals surface area contributed by atoms with Gasteiger partial charge in [0.2, 0.25) is 0 Å². The molecule has 0 unspecified atom stereocenters. The Morgan fingerprint density at radius 1 is 0.871 bits per heavy atom. The summed E-state index contributed by atoms with van der Waals surface area (Å²) in [4.78, 5) is 12.8. The first-order chi connectivity index (χ1) is 14.8. The highest BCUT2D eigenvalue weighted by Crippen LogP contribution is 2.29. The molecule has 1 aromatic heterocycles. The molecule has 0 bridgehead atoms. The molecule has 0 spiro atoms. The summed E-state index contributed by atoms with van der Waals surface area (Å²) in [5.74, 6) is 0.869. The van der Waals surface area contributed by atoms with Crippen molar-refractivity contribution in [3.05, 3.63) is 93.4 Å². The fraction of sp³-hybridized carbons (Fsp3) is 0.222. The van der Waals surface area contributed by atoms with Crippen LogP contribution in [0.3, 0.4) is 0 Å². The van der Waals surface area contributed by atoms with Crippen molar-refractivity contribution in [2.75, 3.05) is 5.32 Å². The molecule has 0 radical (unpaired) electrons. The zero-order valence-corrected chi connectivity index (χ0v) is 18.6. The van der Waals surface area contributed by atoms with Gasteiger partial charge in [0.25, 0.3) is 5.91 Å². The number of hydrogen-bond acceptors (Lipinski definition) is 3. The van der Waals surface area contributed by atoms with E-state index in [1.807, 2.05) is 30.3 Å². The molecule has 3 aromatic carbocycles. The number of benzene rings is 3. The third kappa shape index (κ3) is 3.81. The number of amides is 1. The Balaban J connectivity index is 1.59. The van der Waals surface area contributed by atoms with Crippen molar-refractivity contribution < 1.29 is 14.3 Å². The first-order valence-electron chi connectivity index (χ1n) is 10.4. The van der Waals surface area contributed by atoms with Crippen LogP contribution in [0.15, 0.2) is 52.9 Å². The van der Waals surface area contributed by atoms with Gasteiger partial charge in [0, 0.05) is 17.5 Å². The Bertz CT molecular complexity index is 1280. The molecule has 4 nitrogen and oxygen atoms in total. The minimum atomic E-state index is -0.313. The van der Waals surface area contributed by atoms with Gasteiger partial charge in [-0.15, -0.1) is 0 Å². The van der Waals surface area contributed by atoms with E-state index in [9.17, 15) is 9.90 Å². The van der Waals surface area contributed by atoms with E-state index in [0.717, 1.165) is 16.5 Å². The van der Waals surface area contributed by atoms with Gasteiger partial charge in [0.15, 0.2) is 5.76 Å². The molecule has 0 fully saturated rings. The SMILES string of the molecule is Cc1c(C)c(C)c(Cc2ccc(C(=O)Nc3cccc4ccc(O)cc34)o2)c(C)c1C. The van der Waals surface area contributed by atoms with Crippen LogP contribution >= 0.6 is 0 Å². The number of furan rings is 1. The topological polar surface area (TPSA) is 62.5 Å². The maximum Gasteiger partial charge on any atom is 0.291 e. The van der Waals surface area contributed by atoms with E-state index in [0.29, 0.717) is 12.1 Å². The van der Waals surface area contributed by atoms with Gasteiger partial charge in [-0.3, -0.25) is 4.79 Å². The molecular weight excluding hydrogens is 386 g/mol. The second kappa shape index (κ2) is 7.95. The number of fused-ring (bicyclic) bond motifs is 1. The summed E-state index contributed by atoms with van der Waals surface area (Å²) in [5.41, 5.74) is 8.39. The summed E-state index contributed by atoms with van der Waals surface area (Å²) in [7, 11) is 0. The highest BCUT2D eigenvalue weighted by atomic mass is 16.3. The normalized spacial score (nSPS) is 11.1. The Kier molecular flexibility index (Phi) is 5.32. The summed E-state index contributed by atoms with van der Waals surface area (Å²) in [5, 5.41) is 14.4. The average molecular weight is 414 g/mol. The molecule has 0 aliphatic rings. The zero-order chi connectivity index (χ0) is 22.3. The van der Waals surface area contributed by atoms with Crippen molar-refractivity contribution >= 4 is 22.4 Å². The molecule has 0 saturated heterocycles. The summed E-state index contributed by atoms with van der Waals surface area (Å²) >= 11 is 0. The number of phenolic OH excluding ortho intramolecular Hbond substituents is 1. The van der Waals surface area contributed by atoms with Gasteiger partial charge in [-0.05, 0) is 104 Å². The number of carbonyl (C=O) groups excluding carboxylic acids is 1. The van der Waals surface area contributed by atoms with E-state index in [1.165, 1.54) is 33.4 Å². The maximum atomic E-state index is 12.8. The van der Waals surface area contributed by atoms with Crippen molar-refractivity contribution in [1.29, 1.82) is 0 Å². The number of phenols is 1. The molecule has 31 heavy (non-hydrogen) atoms. The van der Waals surface area contributed by atoms with Gasteiger partial charge in [-0.1, -0.05) is 18.2 Å². The van der Waals surface area contributed by atoms with Crippen LogP contribution in [0.1, 0.15) is 49.7 Å². The maximum absolute atomic E-state index is 12.8. The second-order valence-electron chi connectivity index (χ2n) is 8.21. The van der Waals surface area contributed by atoms with Gasteiger partial charge < -0.3 is 14.8 Å². The fourth-order valence-electron chi connectivity index (χ4n) is 4.17. The van der Waals surface area contributed by atoms with E-state index in [1.54, 1.807) is 18.2 Å². The highest BCUT2D eigenvalue weighted by Gasteiger charge is 2.17. The van der Waals surface area contributed by atoms with E-state index < -0.39 is 0 Å². The van der Waals surface area contributed by atoms with E-state index >= 15 is 0 Å². The van der Waals surface area contributed by atoms with Crippen LogP contribution < -0.4 is 5.32 Å². The highest BCUT2D eigenvalue weighted by molar-refractivity contribution is 6.08. The molecule has 0 aliphatic heterocycles. The van der Waals surface area contributed by atoms with Gasteiger partial charge in [0.1, 0.15) is 11.5 Å². The first-order valence-corrected chi connectivity index (χ1v) is 10.4. The molecule has 0 saturated carbocycles. The molecule has 1 heterocycles. The lowest BCUT2D eigenvalue weighted by atomic mass is 9.88. The Labute approximate surface area is 182 Å². The Morgan fingerprint density at radius 3 is 2.26 bits per heavy atom. The van der Waals surface area contributed by atoms with Gasteiger partial charge >= 0.3 is 0 Å². The molecule has 4 rings (SSSR count). The minimum absolute atomic E-state index is 0.156. The summed E-state index contributed by atoms with van der Waals surface area (Å²) in [6, 6.07) is 14.3. The van der Waals surface area contributed by atoms with Crippen LogP contribution in [0.5, 0.6) is 5.75 Å². The van der Waals surface area contributed by atoms with Crippen molar-refractivity contribution in [2.24, 2.45) is 0 Å². The number of aromatic hydroxyl groups is 1. The molecule has 0 atom stereocenters. The monoisotopic (exact) mass is 413 g/mol. The summed E-state index contributed by atoms with van der Waals surface area (Å²) < 4.78 is 5.92. The number of nitrogens with one attached hydrogen (secondary N) is 1. The molecule has 158 valence electrons. The third-order valence-corrected chi connectivity index (χ3v) is 6.51. The minimum Gasteiger partial charge on any atom is -0.508 e. The summed E-state index contributed by atoms with van der Waals surface area (Å²) in [6.07, 6.45) is 0.648. The number of anilines is 1. The predicted octanol–water partition coefficient (Wildman–Crippen LogP) is 6.52. The van der Waals surface area contributed by atoms with Gasteiger partial charge in [0.05, 0.1) is 0 Å². The van der Waals surface area contributed by atoms with E-state index in [2.05, 4.69) is 39.9 Å². The van der Waals surface area contributed by atoms with Crippen LogP contribution in [-0.2, 0) is 6.42 Å². The number of hydrogen-bond donors (Lipinski definition) is 2. The molecule has 4 aromatic rings. The van der Waals surface area contributed by atoms with Crippen LogP contribution in [0, 0.1) is 34.6 Å². The van der Waals surface area contributed by atoms with E-state index in [4.69, 9.17) is 4.42 Å². The van der Waals surface area contributed by atoms with Crippen LogP contribution in [-0.4, -0.2) is 11.0 Å². The summed E-state index contributed by atoms with van der Waals surface area (Å²) in [6.45, 7) is 10.8. The molecule has 0 aliphatic carbocycles. The first kappa shape index (κ1) is 20.7. The number of carbonyl (C=O) groups is 1. The third-order valence-electron chi connectivity index (χ3n) is 6.51. The quantitative estimate of drug-likeness (QED) is 0.400. The predicted molar refractivity (Wildman–Crippen MR) is 125 cm³/mol.